The first-order chi connectivity index (χ1) is 9.65. The van der Waals surface area contributed by atoms with Crippen LogP contribution >= 0.6 is 0 Å². The highest BCUT2D eigenvalue weighted by Gasteiger charge is 2.30. The van der Waals surface area contributed by atoms with Crippen molar-refractivity contribution in [3.8, 4) is 0 Å². The lowest BCUT2D eigenvalue weighted by Crippen LogP contribution is -2.35. The van der Waals surface area contributed by atoms with Crippen LogP contribution in [0.25, 0.3) is 0 Å². The van der Waals surface area contributed by atoms with E-state index in [0.29, 0.717) is 11.6 Å². The Kier molecular flexibility index (Phi) is 3.94. The van der Waals surface area contributed by atoms with E-state index in [1.54, 1.807) is 6.92 Å². The van der Waals surface area contributed by atoms with Crippen molar-refractivity contribution in [1.82, 2.24) is 4.90 Å². The van der Waals surface area contributed by atoms with Crippen molar-refractivity contribution in [3.05, 3.63) is 29.6 Å². The molecule has 0 bridgehead atoms. The second-order valence-electron chi connectivity index (χ2n) is 6.01. The molecule has 0 aliphatic carbocycles. The Bertz CT molecular complexity index is 472. The van der Waals surface area contributed by atoms with Gasteiger partial charge in [-0.25, -0.2) is 4.39 Å². The third-order valence-corrected chi connectivity index (χ3v) is 4.60. The number of aliphatic hydroxyl groups is 1. The molecule has 1 aromatic rings. The monoisotopic (exact) mass is 278 g/mol. The number of hydrogen-bond donors (Lipinski definition) is 1. The van der Waals surface area contributed by atoms with E-state index in [2.05, 4.69) is 9.80 Å². The van der Waals surface area contributed by atoms with Gasteiger partial charge in [-0.05, 0) is 57.5 Å². The molecule has 0 amide bonds. The Morgan fingerprint density at radius 3 is 2.70 bits per heavy atom. The summed E-state index contributed by atoms with van der Waals surface area (Å²) in [6.45, 7) is 6.11. The van der Waals surface area contributed by atoms with E-state index < -0.39 is 6.10 Å². The topological polar surface area (TPSA) is 26.7 Å². The van der Waals surface area contributed by atoms with Crippen molar-refractivity contribution in [3.63, 3.8) is 0 Å². The fourth-order valence-electron chi connectivity index (χ4n) is 3.51. The van der Waals surface area contributed by atoms with E-state index in [9.17, 15) is 9.50 Å². The maximum absolute atomic E-state index is 13.4. The summed E-state index contributed by atoms with van der Waals surface area (Å²) in [7, 11) is 0. The number of likely N-dealkylation sites (tertiary alicyclic amines) is 1. The minimum absolute atomic E-state index is 0.278. The summed E-state index contributed by atoms with van der Waals surface area (Å²) in [5, 5.41) is 9.86. The first-order valence-electron chi connectivity index (χ1n) is 7.61. The Labute approximate surface area is 120 Å². The number of aliphatic hydroxyl groups excluding tert-OH is 1. The summed E-state index contributed by atoms with van der Waals surface area (Å²) in [5.74, 6) is -0.278. The molecule has 2 fully saturated rings. The van der Waals surface area contributed by atoms with Crippen LogP contribution in [0.3, 0.4) is 0 Å². The van der Waals surface area contributed by atoms with Gasteiger partial charge < -0.3 is 10.0 Å². The molecule has 0 radical (unpaired) electrons. The zero-order valence-electron chi connectivity index (χ0n) is 12.1. The molecule has 1 unspecified atom stereocenters. The van der Waals surface area contributed by atoms with E-state index in [0.717, 1.165) is 25.2 Å². The van der Waals surface area contributed by atoms with Gasteiger partial charge >= 0.3 is 0 Å². The van der Waals surface area contributed by atoms with Gasteiger partial charge in [0.25, 0.3) is 0 Å². The molecule has 4 heteroatoms. The zero-order valence-corrected chi connectivity index (χ0v) is 12.1. The highest BCUT2D eigenvalue weighted by molar-refractivity contribution is 5.55. The van der Waals surface area contributed by atoms with Gasteiger partial charge in [-0.2, -0.15) is 0 Å². The SMILES string of the molecule is C[C@@H](O)c1cc(F)ccc1N1CCC(N2CCCC2)C1. The van der Waals surface area contributed by atoms with Crippen molar-refractivity contribution in [1.29, 1.82) is 0 Å². The van der Waals surface area contributed by atoms with E-state index in [4.69, 9.17) is 0 Å². The number of benzene rings is 1. The molecule has 0 aromatic heterocycles. The van der Waals surface area contributed by atoms with Crippen LogP contribution in [-0.2, 0) is 0 Å². The molecule has 3 rings (SSSR count). The Morgan fingerprint density at radius 2 is 2.00 bits per heavy atom. The largest absolute Gasteiger partial charge is 0.389 e. The third kappa shape index (κ3) is 2.67. The molecule has 0 spiro atoms. The van der Waals surface area contributed by atoms with Gasteiger partial charge in [0.05, 0.1) is 6.10 Å². The van der Waals surface area contributed by atoms with Gasteiger partial charge in [-0.1, -0.05) is 0 Å². The van der Waals surface area contributed by atoms with Crippen LogP contribution in [0.5, 0.6) is 0 Å². The Hall–Kier alpha value is -1.13. The molecule has 1 aromatic carbocycles. The highest BCUT2D eigenvalue weighted by Crippen LogP contribution is 2.31. The van der Waals surface area contributed by atoms with Crippen molar-refractivity contribution >= 4 is 5.69 Å². The zero-order chi connectivity index (χ0) is 14.1. The summed E-state index contributed by atoms with van der Waals surface area (Å²) < 4.78 is 13.4. The predicted octanol–water partition coefficient (Wildman–Crippen LogP) is 2.55. The second-order valence-corrected chi connectivity index (χ2v) is 6.01. The molecule has 110 valence electrons. The normalized spacial score (nSPS) is 25.4. The number of halogens is 1. The highest BCUT2D eigenvalue weighted by atomic mass is 19.1. The predicted molar refractivity (Wildman–Crippen MR) is 78.5 cm³/mol. The van der Waals surface area contributed by atoms with E-state index in [1.165, 1.54) is 38.1 Å². The summed E-state index contributed by atoms with van der Waals surface area (Å²) in [6.07, 6.45) is 3.15. The molecular weight excluding hydrogens is 255 g/mol. The smallest absolute Gasteiger partial charge is 0.123 e. The van der Waals surface area contributed by atoms with Crippen molar-refractivity contribution < 1.29 is 9.50 Å². The van der Waals surface area contributed by atoms with Crippen LogP contribution in [0.2, 0.25) is 0 Å². The van der Waals surface area contributed by atoms with Gasteiger partial charge in [0.15, 0.2) is 0 Å². The number of rotatable bonds is 3. The summed E-state index contributed by atoms with van der Waals surface area (Å²) in [5.41, 5.74) is 1.69. The summed E-state index contributed by atoms with van der Waals surface area (Å²) in [6, 6.07) is 5.38. The van der Waals surface area contributed by atoms with Gasteiger partial charge in [0.2, 0.25) is 0 Å². The van der Waals surface area contributed by atoms with Crippen molar-refractivity contribution in [2.45, 2.75) is 38.3 Å². The second kappa shape index (κ2) is 5.70. The molecule has 1 N–H and O–H groups in total. The van der Waals surface area contributed by atoms with Gasteiger partial charge in [-0.3, -0.25) is 4.90 Å². The van der Waals surface area contributed by atoms with Gasteiger partial charge in [0.1, 0.15) is 5.82 Å². The first kappa shape index (κ1) is 13.8. The lowest BCUT2D eigenvalue weighted by molar-refractivity contribution is 0.199. The lowest BCUT2D eigenvalue weighted by Gasteiger charge is -2.26. The van der Waals surface area contributed by atoms with Crippen LogP contribution in [0.1, 0.15) is 37.9 Å². The van der Waals surface area contributed by atoms with E-state index >= 15 is 0 Å². The van der Waals surface area contributed by atoms with Crippen LogP contribution < -0.4 is 4.90 Å². The number of anilines is 1. The number of nitrogens with zero attached hydrogens (tertiary/aromatic N) is 2. The van der Waals surface area contributed by atoms with Crippen LogP contribution in [0, 0.1) is 5.82 Å². The van der Waals surface area contributed by atoms with Crippen molar-refractivity contribution in [2.24, 2.45) is 0 Å². The van der Waals surface area contributed by atoms with Gasteiger partial charge in [0, 0.05) is 30.4 Å². The molecule has 20 heavy (non-hydrogen) atoms. The molecule has 2 aliphatic rings. The van der Waals surface area contributed by atoms with E-state index in [1.807, 2.05) is 6.07 Å². The van der Waals surface area contributed by atoms with E-state index in [-0.39, 0.29) is 5.82 Å². The van der Waals surface area contributed by atoms with Crippen LogP contribution in [0.15, 0.2) is 18.2 Å². The fraction of sp³-hybridized carbons (Fsp3) is 0.625. The van der Waals surface area contributed by atoms with Gasteiger partial charge in [-0.15, -0.1) is 0 Å². The fourth-order valence-corrected chi connectivity index (χ4v) is 3.51. The minimum Gasteiger partial charge on any atom is -0.389 e. The summed E-state index contributed by atoms with van der Waals surface area (Å²) in [4.78, 5) is 4.87. The molecule has 2 heterocycles. The maximum Gasteiger partial charge on any atom is 0.123 e. The standard InChI is InChI=1S/C16H23FN2O/c1-12(20)15-10-13(17)4-5-16(15)19-9-6-14(11-19)18-7-2-3-8-18/h4-5,10,12,14,20H,2-3,6-9,11H2,1H3/t12-,14?/m1/s1. The summed E-state index contributed by atoms with van der Waals surface area (Å²) >= 11 is 0. The average molecular weight is 278 g/mol. The molecule has 2 saturated heterocycles. The van der Waals surface area contributed by atoms with Crippen LogP contribution in [-0.4, -0.2) is 42.2 Å². The number of hydrogen-bond acceptors (Lipinski definition) is 3. The molecule has 2 aliphatic heterocycles. The Morgan fingerprint density at radius 1 is 1.25 bits per heavy atom. The maximum atomic E-state index is 13.4. The minimum atomic E-state index is -0.633. The average Bonchev–Trinajstić information content (AvgIpc) is 3.09. The first-order valence-corrected chi connectivity index (χ1v) is 7.61. The molecule has 0 saturated carbocycles. The molecule has 3 nitrogen and oxygen atoms in total. The van der Waals surface area contributed by atoms with Crippen LogP contribution in [0.4, 0.5) is 10.1 Å². The quantitative estimate of drug-likeness (QED) is 0.920. The molecular formula is C16H23FN2O. The van der Waals surface area contributed by atoms with Crippen molar-refractivity contribution in [2.75, 3.05) is 31.1 Å². The Balaban J connectivity index is 1.77. The lowest BCUT2D eigenvalue weighted by atomic mass is 10.1. The third-order valence-electron chi connectivity index (χ3n) is 4.60. The molecule has 2 atom stereocenters.